The van der Waals surface area contributed by atoms with Crippen LogP contribution in [0.4, 0.5) is 5.13 Å². The highest BCUT2D eigenvalue weighted by Crippen LogP contribution is 2.31. The molecule has 2 aromatic heterocycles. The smallest absolute Gasteiger partial charge is 0.230 e. The van der Waals surface area contributed by atoms with Crippen LogP contribution in [0.3, 0.4) is 0 Å². The highest BCUT2D eigenvalue weighted by atomic mass is 32.2. The van der Waals surface area contributed by atoms with Gasteiger partial charge in [-0.25, -0.2) is 17.7 Å². The van der Waals surface area contributed by atoms with E-state index in [4.69, 9.17) is 0 Å². The largest absolute Gasteiger partial charge is 0.348 e. The number of aromatic nitrogens is 2. The van der Waals surface area contributed by atoms with E-state index >= 15 is 0 Å². The molecule has 1 amide bonds. The summed E-state index contributed by atoms with van der Waals surface area (Å²) in [6.45, 7) is 5.81. The van der Waals surface area contributed by atoms with Crippen molar-refractivity contribution >= 4 is 32.4 Å². The van der Waals surface area contributed by atoms with E-state index in [1.807, 2.05) is 11.4 Å². The fourth-order valence-corrected chi connectivity index (χ4v) is 6.04. The lowest BCUT2D eigenvalue weighted by Crippen LogP contribution is -2.43. The van der Waals surface area contributed by atoms with Gasteiger partial charge in [0.1, 0.15) is 0 Å². The SMILES string of the molecule is Cc1cc(-c2csc(NC(=O)C3CCCN(S(C)(=O)=O)C3)n2)c(C)n1CCc1ccccc1. The molecule has 3 aromatic rings. The van der Waals surface area contributed by atoms with Gasteiger partial charge >= 0.3 is 0 Å². The molecule has 7 nitrogen and oxygen atoms in total. The average molecular weight is 487 g/mol. The molecular weight excluding hydrogens is 456 g/mol. The number of nitrogens with one attached hydrogen (secondary N) is 1. The fraction of sp³-hybridized carbons (Fsp3) is 0.417. The van der Waals surface area contributed by atoms with Crippen LogP contribution in [0.1, 0.15) is 29.8 Å². The Labute approximate surface area is 199 Å². The number of hydrogen-bond donors (Lipinski definition) is 1. The lowest BCUT2D eigenvalue weighted by molar-refractivity contribution is -0.120. The van der Waals surface area contributed by atoms with Crippen LogP contribution in [0.25, 0.3) is 11.3 Å². The van der Waals surface area contributed by atoms with Gasteiger partial charge in [0.15, 0.2) is 5.13 Å². The Morgan fingerprint density at radius 1 is 1.24 bits per heavy atom. The highest BCUT2D eigenvalue weighted by molar-refractivity contribution is 7.88. The Kier molecular flexibility index (Phi) is 7.02. The summed E-state index contributed by atoms with van der Waals surface area (Å²) >= 11 is 1.39. The molecule has 1 N–H and O–H groups in total. The lowest BCUT2D eigenvalue weighted by Gasteiger charge is -2.29. The van der Waals surface area contributed by atoms with Crippen LogP contribution in [0.2, 0.25) is 0 Å². The summed E-state index contributed by atoms with van der Waals surface area (Å²) < 4.78 is 27.4. The van der Waals surface area contributed by atoms with Crippen LogP contribution in [-0.4, -0.2) is 47.5 Å². The van der Waals surface area contributed by atoms with Crippen molar-refractivity contribution in [2.75, 3.05) is 24.7 Å². The van der Waals surface area contributed by atoms with E-state index in [2.05, 4.69) is 59.0 Å². The number of sulfonamides is 1. The molecule has 0 bridgehead atoms. The van der Waals surface area contributed by atoms with Gasteiger partial charge in [0.2, 0.25) is 15.9 Å². The number of hydrogen-bond acceptors (Lipinski definition) is 5. The van der Waals surface area contributed by atoms with Gasteiger partial charge in [-0.15, -0.1) is 11.3 Å². The maximum absolute atomic E-state index is 12.8. The average Bonchev–Trinajstić information content (AvgIpc) is 3.36. The zero-order chi connectivity index (χ0) is 23.6. The molecule has 1 saturated heterocycles. The number of piperidine rings is 1. The van der Waals surface area contributed by atoms with Crippen molar-refractivity contribution in [3.05, 3.63) is 58.7 Å². The van der Waals surface area contributed by atoms with E-state index in [0.29, 0.717) is 24.5 Å². The molecule has 1 aliphatic rings. The second-order valence-corrected chi connectivity index (χ2v) is 11.5. The van der Waals surface area contributed by atoms with E-state index in [9.17, 15) is 13.2 Å². The number of benzene rings is 1. The first-order valence-corrected chi connectivity index (χ1v) is 13.9. The zero-order valence-corrected chi connectivity index (χ0v) is 20.9. The predicted octanol–water partition coefficient (Wildman–Crippen LogP) is 4.08. The predicted molar refractivity (Wildman–Crippen MR) is 133 cm³/mol. The topological polar surface area (TPSA) is 84.3 Å². The summed E-state index contributed by atoms with van der Waals surface area (Å²) in [4.78, 5) is 17.4. The molecule has 4 rings (SSSR count). The lowest BCUT2D eigenvalue weighted by atomic mass is 9.99. The number of thiazole rings is 1. The minimum absolute atomic E-state index is 0.169. The van der Waals surface area contributed by atoms with Gasteiger partial charge in [-0.2, -0.15) is 0 Å². The molecule has 33 heavy (non-hydrogen) atoms. The van der Waals surface area contributed by atoms with Crippen LogP contribution >= 0.6 is 11.3 Å². The normalized spacial score (nSPS) is 17.2. The standard InChI is InChI=1S/C24H30N4O3S2/c1-17-14-21(18(2)28(17)13-11-19-8-5-4-6-9-19)22-16-32-24(25-22)26-23(29)20-10-7-12-27(15-20)33(3,30)31/h4-6,8-9,14,16,20H,7,10-13,15H2,1-3H3,(H,25,26,29). The number of nitrogens with zero attached hydrogens (tertiary/aromatic N) is 3. The van der Waals surface area contributed by atoms with E-state index in [0.717, 1.165) is 29.9 Å². The Hall–Kier alpha value is -2.49. The second kappa shape index (κ2) is 9.79. The molecule has 0 spiro atoms. The number of amides is 1. The molecule has 9 heteroatoms. The molecule has 1 fully saturated rings. The molecule has 176 valence electrons. The third-order valence-electron chi connectivity index (χ3n) is 6.27. The number of carbonyl (C=O) groups is 1. The number of anilines is 1. The van der Waals surface area contributed by atoms with Crippen LogP contribution in [0.15, 0.2) is 41.8 Å². The van der Waals surface area contributed by atoms with Gasteiger partial charge in [-0.3, -0.25) is 4.79 Å². The summed E-state index contributed by atoms with van der Waals surface area (Å²) in [6, 6.07) is 12.6. The third-order valence-corrected chi connectivity index (χ3v) is 8.30. The van der Waals surface area contributed by atoms with Gasteiger partial charge < -0.3 is 9.88 Å². The maximum Gasteiger partial charge on any atom is 0.230 e. The van der Waals surface area contributed by atoms with Crippen molar-refractivity contribution in [1.82, 2.24) is 13.9 Å². The van der Waals surface area contributed by atoms with Gasteiger partial charge in [-0.05, 0) is 44.7 Å². The summed E-state index contributed by atoms with van der Waals surface area (Å²) in [7, 11) is -3.29. The summed E-state index contributed by atoms with van der Waals surface area (Å²) in [6.07, 6.45) is 3.51. The fourth-order valence-electron chi connectivity index (χ4n) is 4.41. The first-order valence-electron chi connectivity index (χ1n) is 11.1. The number of rotatable bonds is 7. The van der Waals surface area contributed by atoms with E-state index in [1.165, 1.54) is 33.2 Å². The maximum atomic E-state index is 12.8. The minimum Gasteiger partial charge on any atom is -0.348 e. The second-order valence-electron chi connectivity index (χ2n) is 8.66. The molecule has 1 aromatic carbocycles. The molecule has 1 aliphatic heterocycles. The van der Waals surface area contributed by atoms with E-state index < -0.39 is 10.0 Å². The van der Waals surface area contributed by atoms with Gasteiger partial charge in [-0.1, -0.05) is 30.3 Å². The van der Waals surface area contributed by atoms with Crippen molar-refractivity contribution in [3.8, 4) is 11.3 Å². The van der Waals surface area contributed by atoms with Crippen molar-refractivity contribution in [2.45, 2.75) is 39.7 Å². The zero-order valence-electron chi connectivity index (χ0n) is 19.2. The first kappa shape index (κ1) is 23.7. The number of aryl methyl sites for hydroxylation is 2. The molecule has 3 heterocycles. The molecule has 1 unspecified atom stereocenters. The monoisotopic (exact) mass is 486 g/mol. The molecule has 0 aliphatic carbocycles. The van der Waals surface area contributed by atoms with Crippen LogP contribution in [0.5, 0.6) is 0 Å². The minimum atomic E-state index is -3.29. The number of carbonyl (C=O) groups excluding carboxylic acids is 1. The van der Waals surface area contributed by atoms with Gasteiger partial charge in [0, 0.05) is 42.0 Å². The molecule has 0 saturated carbocycles. The van der Waals surface area contributed by atoms with Gasteiger partial charge in [0.25, 0.3) is 0 Å². The summed E-state index contributed by atoms with van der Waals surface area (Å²) in [5, 5.41) is 5.40. The summed E-state index contributed by atoms with van der Waals surface area (Å²) in [5.41, 5.74) is 5.55. The quantitative estimate of drug-likeness (QED) is 0.545. The van der Waals surface area contributed by atoms with Crippen molar-refractivity contribution in [2.24, 2.45) is 5.92 Å². The first-order chi connectivity index (χ1) is 15.7. The molecule has 0 radical (unpaired) electrons. The highest BCUT2D eigenvalue weighted by Gasteiger charge is 2.30. The molecule has 1 atom stereocenters. The Morgan fingerprint density at radius 2 is 2.00 bits per heavy atom. The van der Waals surface area contributed by atoms with Crippen LogP contribution < -0.4 is 5.32 Å². The molecular formula is C24H30N4O3S2. The Morgan fingerprint density at radius 3 is 2.73 bits per heavy atom. The van der Waals surface area contributed by atoms with Crippen molar-refractivity contribution in [3.63, 3.8) is 0 Å². The Bertz CT molecular complexity index is 1230. The van der Waals surface area contributed by atoms with Gasteiger partial charge in [0.05, 0.1) is 17.9 Å². The van der Waals surface area contributed by atoms with Crippen LogP contribution in [-0.2, 0) is 27.8 Å². The van der Waals surface area contributed by atoms with Crippen molar-refractivity contribution in [1.29, 1.82) is 0 Å². The van der Waals surface area contributed by atoms with E-state index in [1.54, 1.807) is 0 Å². The third kappa shape index (κ3) is 5.54. The van der Waals surface area contributed by atoms with E-state index in [-0.39, 0.29) is 18.4 Å². The Balaban J connectivity index is 1.43. The van der Waals surface area contributed by atoms with Crippen molar-refractivity contribution < 1.29 is 13.2 Å². The van der Waals surface area contributed by atoms with Crippen LogP contribution in [0, 0.1) is 19.8 Å². The summed E-state index contributed by atoms with van der Waals surface area (Å²) in [5.74, 6) is -0.526.